The molecule has 0 aliphatic heterocycles. The highest BCUT2D eigenvalue weighted by Crippen LogP contribution is 2.34. The summed E-state index contributed by atoms with van der Waals surface area (Å²) in [6, 6.07) is 19.9. The first-order chi connectivity index (χ1) is 17.3. The molecule has 0 atom stereocenters. The lowest BCUT2D eigenvalue weighted by Gasteiger charge is -2.08. The first-order valence-corrected chi connectivity index (χ1v) is 12.1. The molecule has 180 valence electrons. The molecule has 2 aromatic heterocycles. The number of hydrogen-bond acceptors (Lipinski definition) is 5. The van der Waals surface area contributed by atoms with Gasteiger partial charge in [0, 0.05) is 16.8 Å². The predicted octanol–water partition coefficient (Wildman–Crippen LogP) is 7.81. The molecule has 0 saturated heterocycles. The van der Waals surface area contributed by atoms with Crippen molar-refractivity contribution in [1.29, 1.82) is 0 Å². The number of carbonyl (C=O) groups is 1. The van der Waals surface area contributed by atoms with Crippen LogP contribution in [0.4, 0.5) is 5.69 Å². The molecule has 1 amide bonds. The van der Waals surface area contributed by atoms with Crippen LogP contribution in [0.1, 0.15) is 21.7 Å². The number of carbonyl (C=O) groups excluding carboxylic acids is 1. The maximum absolute atomic E-state index is 12.7. The van der Waals surface area contributed by atoms with Crippen LogP contribution in [0.2, 0.25) is 10.0 Å². The van der Waals surface area contributed by atoms with Gasteiger partial charge in [-0.05, 0) is 80.7 Å². The molecular formula is C27H19Cl2N3O3S. The quantitative estimate of drug-likeness (QED) is 0.228. The summed E-state index contributed by atoms with van der Waals surface area (Å²) in [5.74, 6) is 0.535. The van der Waals surface area contributed by atoms with Gasteiger partial charge in [-0.25, -0.2) is 4.98 Å². The zero-order valence-corrected chi connectivity index (χ0v) is 21.5. The number of nitrogens with zero attached hydrogens (tertiary/aromatic N) is 1. The fraction of sp³-hybridized carbons (Fsp3) is 0.0741. The zero-order valence-electron chi connectivity index (χ0n) is 19.2. The highest BCUT2D eigenvalue weighted by molar-refractivity contribution is 7.80. The number of rotatable bonds is 4. The molecule has 6 nitrogen and oxygen atoms in total. The Hall–Kier alpha value is -3.65. The second-order valence-electron chi connectivity index (χ2n) is 8.25. The summed E-state index contributed by atoms with van der Waals surface area (Å²) >= 11 is 17.6. The first-order valence-electron chi connectivity index (χ1n) is 10.9. The Morgan fingerprint density at radius 2 is 1.72 bits per heavy atom. The van der Waals surface area contributed by atoms with E-state index in [4.69, 9.17) is 44.3 Å². The molecule has 0 aliphatic rings. The maximum Gasteiger partial charge on any atom is 0.293 e. The number of aromatic nitrogens is 1. The van der Waals surface area contributed by atoms with Crippen LogP contribution in [0.5, 0.6) is 0 Å². The fourth-order valence-electron chi connectivity index (χ4n) is 3.85. The van der Waals surface area contributed by atoms with Gasteiger partial charge in [0.15, 0.2) is 16.5 Å². The largest absolute Gasteiger partial charge is 0.451 e. The van der Waals surface area contributed by atoms with E-state index in [1.54, 1.807) is 48.5 Å². The van der Waals surface area contributed by atoms with Gasteiger partial charge < -0.3 is 14.2 Å². The van der Waals surface area contributed by atoms with Crippen LogP contribution in [-0.4, -0.2) is 16.0 Å². The number of amides is 1. The van der Waals surface area contributed by atoms with Crippen LogP contribution in [0.25, 0.3) is 33.9 Å². The molecule has 5 aromatic rings. The van der Waals surface area contributed by atoms with Crippen LogP contribution >= 0.6 is 35.4 Å². The lowest BCUT2D eigenvalue weighted by atomic mass is 10.1. The van der Waals surface area contributed by atoms with Crippen molar-refractivity contribution in [2.24, 2.45) is 0 Å². The molecule has 2 N–H and O–H groups in total. The number of halogens is 2. The van der Waals surface area contributed by atoms with Gasteiger partial charge in [0.25, 0.3) is 5.91 Å². The number of benzene rings is 3. The molecule has 0 spiro atoms. The third kappa shape index (κ3) is 4.99. The minimum atomic E-state index is -0.503. The summed E-state index contributed by atoms with van der Waals surface area (Å²) in [7, 11) is 0. The smallest absolute Gasteiger partial charge is 0.293 e. The summed E-state index contributed by atoms with van der Waals surface area (Å²) in [5, 5.41) is 6.46. The Balaban J connectivity index is 1.28. The Bertz CT molecular complexity index is 1620. The van der Waals surface area contributed by atoms with Crippen molar-refractivity contribution in [3.63, 3.8) is 0 Å². The standard InChI is InChI=1S/C27H19Cl2N3O3S/c1-14-10-15(2)12-16(11-14)26-31-20-13-17(6-7-22(20)35-26)30-27(36)32-25(33)23-9-8-21(34-23)18-4-3-5-19(28)24(18)29/h3-13H,1-2H3,(H2,30,32,33,36). The molecule has 2 heterocycles. The number of nitrogens with one attached hydrogen (secondary N) is 2. The number of fused-ring (bicyclic) bond motifs is 1. The Morgan fingerprint density at radius 3 is 2.50 bits per heavy atom. The molecule has 0 aliphatic carbocycles. The van der Waals surface area contributed by atoms with Gasteiger partial charge >= 0.3 is 0 Å². The summed E-state index contributed by atoms with van der Waals surface area (Å²) in [5.41, 5.74) is 5.73. The topological polar surface area (TPSA) is 80.3 Å². The van der Waals surface area contributed by atoms with E-state index in [0.717, 1.165) is 16.7 Å². The number of furan rings is 1. The summed E-state index contributed by atoms with van der Waals surface area (Å²) in [4.78, 5) is 17.3. The van der Waals surface area contributed by atoms with Gasteiger partial charge in [-0.2, -0.15) is 0 Å². The summed E-state index contributed by atoms with van der Waals surface area (Å²) < 4.78 is 11.6. The number of anilines is 1. The second kappa shape index (κ2) is 9.78. The van der Waals surface area contributed by atoms with Gasteiger partial charge in [0.2, 0.25) is 5.89 Å². The normalized spacial score (nSPS) is 11.0. The van der Waals surface area contributed by atoms with Crippen molar-refractivity contribution >= 4 is 63.2 Å². The van der Waals surface area contributed by atoms with Gasteiger partial charge in [-0.3, -0.25) is 10.1 Å². The number of hydrogen-bond donors (Lipinski definition) is 2. The predicted molar refractivity (Wildman–Crippen MR) is 147 cm³/mol. The lowest BCUT2D eigenvalue weighted by Crippen LogP contribution is -2.33. The fourth-order valence-corrected chi connectivity index (χ4v) is 4.46. The van der Waals surface area contributed by atoms with E-state index >= 15 is 0 Å². The average Bonchev–Trinajstić information content (AvgIpc) is 3.47. The van der Waals surface area contributed by atoms with Crippen molar-refractivity contribution in [1.82, 2.24) is 10.3 Å². The van der Waals surface area contributed by atoms with E-state index in [9.17, 15) is 4.79 Å². The van der Waals surface area contributed by atoms with Crippen molar-refractivity contribution < 1.29 is 13.6 Å². The first kappa shape index (κ1) is 24.1. The molecule has 5 rings (SSSR count). The van der Waals surface area contributed by atoms with E-state index in [1.165, 1.54) is 0 Å². The van der Waals surface area contributed by atoms with Crippen molar-refractivity contribution in [3.05, 3.63) is 93.7 Å². The second-order valence-corrected chi connectivity index (χ2v) is 9.44. The Kier molecular flexibility index (Phi) is 6.53. The maximum atomic E-state index is 12.7. The highest BCUT2D eigenvalue weighted by atomic mass is 35.5. The number of thiocarbonyl (C=S) groups is 1. The Labute approximate surface area is 222 Å². The minimum Gasteiger partial charge on any atom is -0.451 e. The zero-order chi connectivity index (χ0) is 25.4. The van der Waals surface area contributed by atoms with Gasteiger partial charge in [0.05, 0.1) is 10.0 Å². The molecule has 0 radical (unpaired) electrons. The van der Waals surface area contributed by atoms with E-state index in [0.29, 0.717) is 44.0 Å². The van der Waals surface area contributed by atoms with Crippen molar-refractivity contribution in [2.45, 2.75) is 13.8 Å². The summed E-state index contributed by atoms with van der Waals surface area (Å²) in [6.45, 7) is 4.07. The third-order valence-corrected chi connectivity index (χ3v) is 6.41. The molecule has 0 bridgehead atoms. The number of aryl methyl sites for hydroxylation is 2. The Morgan fingerprint density at radius 1 is 0.944 bits per heavy atom. The SMILES string of the molecule is Cc1cc(C)cc(-c2nc3cc(NC(=S)NC(=O)c4ccc(-c5cccc(Cl)c5Cl)o4)ccc3o2)c1. The average molecular weight is 536 g/mol. The molecule has 9 heteroatoms. The van der Waals surface area contributed by atoms with Gasteiger partial charge in [0.1, 0.15) is 11.3 Å². The highest BCUT2D eigenvalue weighted by Gasteiger charge is 2.17. The molecule has 0 unspecified atom stereocenters. The molecule has 3 aromatic carbocycles. The van der Waals surface area contributed by atoms with E-state index in [1.807, 2.05) is 26.0 Å². The third-order valence-electron chi connectivity index (χ3n) is 5.39. The van der Waals surface area contributed by atoms with E-state index in [-0.39, 0.29) is 10.9 Å². The molecular weight excluding hydrogens is 517 g/mol. The van der Waals surface area contributed by atoms with Crippen molar-refractivity contribution in [3.8, 4) is 22.8 Å². The lowest BCUT2D eigenvalue weighted by molar-refractivity contribution is 0.0951. The van der Waals surface area contributed by atoms with Gasteiger partial charge in [-0.1, -0.05) is 46.5 Å². The van der Waals surface area contributed by atoms with Gasteiger partial charge in [-0.15, -0.1) is 0 Å². The van der Waals surface area contributed by atoms with Crippen LogP contribution in [-0.2, 0) is 0 Å². The molecule has 36 heavy (non-hydrogen) atoms. The van der Waals surface area contributed by atoms with Crippen molar-refractivity contribution in [2.75, 3.05) is 5.32 Å². The number of oxazole rings is 1. The van der Waals surface area contributed by atoms with Crippen LogP contribution in [0.15, 0.2) is 75.6 Å². The monoisotopic (exact) mass is 535 g/mol. The van der Waals surface area contributed by atoms with Crippen LogP contribution in [0.3, 0.4) is 0 Å². The van der Waals surface area contributed by atoms with E-state index in [2.05, 4.69) is 21.7 Å². The van der Waals surface area contributed by atoms with Crippen LogP contribution in [0, 0.1) is 13.8 Å². The summed E-state index contributed by atoms with van der Waals surface area (Å²) in [6.07, 6.45) is 0. The minimum absolute atomic E-state index is 0.0789. The van der Waals surface area contributed by atoms with Crippen LogP contribution < -0.4 is 10.6 Å². The molecule has 0 saturated carbocycles. The van der Waals surface area contributed by atoms with E-state index < -0.39 is 5.91 Å². The molecule has 0 fully saturated rings.